The quantitative estimate of drug-likeness (QED) is 0.444. The maximum Gasteiger partial charge on any atom is 0.332 e. The van der Waals surface area contributed by atoms with Crippen molar-refractivity contribution in [1.29, 1.82) is 0 Å². The zero-order chi connectivity index (χ0) is 15.4. The van der Waals surface area contributed by atoms with E-state index in [1.165, 1.54) is 0 Å². The number of methoxy groups -OCH3 is 2. The summed E-state index contributed by atoms with van der Waals surface area (Å²) in [6, 6.07) is -0.309. The van der Waals surface area contributed by atoms with Gasteiger partial charge in [0, 0.05) is 46.9 Å². The molecular weight excluding hydrogens is 268 g/mol. The van der Waals surface area contributed by atoms with Crippen molar-refractivity contribution in [3.63, 3.8) is 0 Å². The van der Waals surface area contributed by atoms with Crippen LogP contribution in [0.1, 0.15) is 12.8 Å². The lowest BCUT2D eigenvalue weighted by Crippen LogP contribution is -2.43. The van der Waals surface area contributed by atoms with Crippen molar-refractivity contribution in [2.24, 2.45) is 0 Å². The van der Waals surface area contributed by atoms with Gasteiger partial charge in [-0.15, -0.1) is 0 Å². The van der Waals surface area contributed by atoms with Gasteiger partial charge in [0.25, 0.3) is 0 Å². The Morgan fingerprint density at radius 1 is 1.20 bits per heavy atom. The molecule has 0 fully saturated rings. The van der Waals surface area contributed by atoms with Gasteiger partial charge in [0.05, 0.1) is 6.61 Å². The number of aliphatic carboxylic acids is 1. The molecule has 0 aliphatic rings. The third-order valence-corrected chi connectivity index (χ3v) is 2.61. The number of carbonyl (C=O) groups is 2. The zero-order valence-corrected chi connectivity index (χ0v) is 12.0. The SMILES string of the molecule is COCCCN(CCOC)C(=O)NCC[C@H](O)C(=O)O. The Hall–Kier alpha value is -1.38. The molecule has 1 atom stereocenters. The summed E-state index contributed by atoms with van der Waals surface area (Å²) in [5.74, 6) is -1.30. The van der Waals surface area contributed by atoms with E-state index in [0.29, 0.717) is 32.7 Å². The van der Waals surface area contributed by atoms with Crippen molar-refractivity contribution in [3.8, 4) is 0 Å². The van der Waals surface area contributed by atoms with Crippen LogP contribution in [0.5, 0.6) is 0 Å². The molecule has 0 spiro atoms. The van der Waals surface area contributed by atoms with Crippen LogP contribution in [0, 0.1) is 0 Å². The number of aliphatic hydroxyl groups excluding tert-OH is 1. The largest absolute Gasteiger partial charge is 0.479 e. The summed E-state index contributed by atoms with van der Waals surface area (Å²) in [6.45, 7) is 2.02. The van der Waals surface area contributed by atoms with Gasteiger partial charge in [0.2, 0.25) is 0 Å². The first-order valence-corrected chi connectivity index (χ1v) is 6.44. The van der Waals surface area contributed by atoms with Crippen LogP contribution >= 0.6 is 0 Å². The van der Waals surface area contributed by atoms with E-state index < -0.39 is 12.1 Å². The highest BCUT2D eigenvalue weighted by molar-refractivity contribution is 5.74. The Kier molecular flexibility index (Phi) is 10.7. The number of carbonyl (C=O) groups excluding carboxylic acids is 1. The van der Waals surface area contributed by atoms with Gasteiger partial charge in [-0.3, -0.25) is 0 Å². The fourth-order valence-corrected chi connectivity index (χ4v) is 1.47. The lowest BCUT2D eigenvalue weighted by atomic mass is 10.2. The van der Waals surface area contributed by atoms with Crippen molar-refractivity contribution in [3.05, 3.63) is 0 Å². The highest BCUT2D eigenvalue weighted by atomic mass is 16.5. The van der Waals surface area contributed by atoms with E-state index in [2.05, 4.69) is 5.32 Å². The van der Waals surface area contributed by atoms with E-state index in [1.54, 1.807) is 19.1 Å². The number of ether oxygens (including phenoxy) is 2. The molecule has 0 aromatic heterocycles. The molecule has 2 amide bonds. The second kappa shape index (κ2) is 11.4. The van der Waals surface area contributed by atoms with Crippen molar-refractivity contribution >= 4 is 12.0 Å². The van der Waals surface area contributed by atoms with Crippen LogP contribution < -0.4 is 5.32 Å². The Morgan fingerprint density at radius 2 is 1.85 bits per heavy atom. The average Bonchev–Trinajstić information content (AvgIpc) is 2.42. The molecular formula is C12H24N2O6. The van der Waals surface area contributed by atoms with E-state index in [9.17, 15) is 9.59 Å². The summed E-state index contributed by atoms with van der Waals surface area (Å²) in [7, 11) is 3.14. The van der Waals surface area contributed by atoms with Gasteiger partial charge in [-0.05, 0) is 6.42 Å². The van der Waals surface area contributed by atoms with Crippen LogP contribution in [0.4, 0.5) is 4.79 Å². The van der Waals surface area contributed by atoms with E-state index in [-0.39, 0.29) is 19.0 Å². The number of rotatable bonds is 11. The number of nitrogens with one attached hydrogen (secondary N) is 1. The topological polar surface area (TPSA) is 108 Å². The molecule has 0 aromatic carbocycles. The van der Waals surface area contributed by atoms with E-state index in [0.717, 1.165) is 0 Å². The molecule has 0 saturated heterocycles. The van der Waals surface area contributed by atoms with Crippen LogP contribution in [0.15, 0.2) is 0 Å². The number of aliphatic hydroxyl groups is 1. The minimum absolute atomic E-state index is 0.0305. The van der Waals surface area contributed by atoms with Crippen LogP contribution in [-0.4, -0.2) is 80.3 Å². The first-order valence-electron chi connectivity index (χ1n) is 6.44. The summed E-state index contributed by atoms with van der Waals surface area (Å²) in [6.07, 6.45) is -0.793. The Bertz CT molecular complexity index is 287. The molecule has 0 radical (unpaired) electrons. The van der Waals surface area contributed by atoms with Gasteiger partial charge >= 0.3 is 12.0 Å². The molecule has 0 aliphatic carbocycles. The highest BCUT2D eigenvalue weighted by Gasteiger charge is 2.15. The molecule has 0 rings (SSSR count). The summed E-state index contributed by atoms with van der Waals surface area (Å²) in [5.41, 5.74) is 0. The van der Waals surface area contributed by atoms with Gasteiger partial charge in [-0.25, -0.2) is 9.59 Å². The number of hydrogen-bond donors (Lipinski definition) is 3. The first-order chi connectivity index (χ1) is 9.52. The van der Waals surface area contributed by atoms with Crippen molar-refractivity contribution in [2.75, 3.05) is 47.1 Å². The van der Waals surface area contributed by atoms with Crippen molar-refractivity contribution in [2.45, 2.75) is 18.9 Å². The summed E-state index contributed by atoms with van der Waals surface area (Å²) in [5, 5.41) is 20.2. The summed E-state index contributed by atoms with van der Waals surface area (Å²) in [4.78, 5) is 23.9. The maximum absolute atomic E-state index is 11.9. The number of carboxylic acids is 1. The third kappa shape index (κ3) is 8.68. The standard InChI is InChI=1S/C12H24N2O6/c1-19-8-3-6-14(7-9-20-2)12(18)13-5-4-10(15)11(16)17/h10,15H,3-9H2,1-2H3,(H,13,18)(H,16,17)/t10-/m0/s1. The number of nitrogens with zero attached hydrogens (tertiary/aromatic N) is 1. The molecule has 0 bridgehead atoms. The fourth-order valence-electron chi connectivity index (χ4n) is 1.47. The molecule has 118 valence electrons. The van der Waals surface area contributed by atoms with E-state index in [1.807, 2.05) is 0 Å². The Morgan fingerprint density at radius 3 is 2.40 bits per heavy atom. The lowest BCUT2D eigenvalue weighted by molar-refractivity contribution is -0.146. The number of amides is 2. The fraction of sp³-hybridized carbons (Fsp3) is 0.833. The highest BCUT2D eigenvalue weighted by Crippen LogP contribution is 1.96. The van der Waals surface area contributed by atoms with Crippen molar-refractivity contribution in [1.82, 2.24) is 10.2 Å². The molecule has 0 heterocycles. The molecule has 3 N–H and O–H groups in total. The predicted octanol–water partition coefficient (Wildman–Crippen LogP) is -0.483. The zero-order valence-electron chi connectivity index (χ0n) is 12.0. The van der Waals surface area contributed by atoms with E-state index in [4.69, 9.17) is 19.7 Å². The van der Waals surface area contributed by atoms with Crippen LogP contribution in [0.2, 0.25) is 0 Å². The average molecular weight is 292 g/mol. The number of carboxylic acid groups (broad SMARTS) is 1. The molecule has 20 heavy (non-hydrogen) atoms. The second-order valence-electron chi connectivity index (χ2n) is 4.20. The molecule has 0 saturated carbocycles. The molecule has 0 unspecified atom stereocenters. The minimum Gasteiger partial charge on any atom is -0.479 e. The molecule has 8 nitrogen and oxygen atoms in total. The summed E-state index contributed by atoms with van der Waals surface area (Å²) < 4.78 is 9.86. The monoisotopic (exact) mass is 292 g/mol. The minimum atomic E-state index is -1.46. The predicted molar refractivity (Wildman–Crippen MR) is 71.6 cm³/mol. The normalized spacial score (nSPS) is 11.9. The van der Waals surface area contributed by atoms with Crippen molar-refractivity contribution < 1.29 is 29.3 Å². The third-order valence-electron chi connectivity index (χ3n) is 2.61. The lowest BCUT2D eigenvalue weighted by Gasteiger charge is -2.22. The second-order valence-corrected chi connectivity index (χ2v) is 4.20. The molecule has 0 aliphatic heterocycles. The van der Waals surface area contributed by atoms with Gasteiger partial charge in [0.1, 0.15) is 0 Å². The van der Waals surface area contributed by atoms with Crippen LogP contribution in [0.3, 0.4) is 0 Å². The Balaban J connectivity index is 4.07. The van der Waals surface area contributed by atoms with E-state index >= 15 is 0 Å². The van der Waals surface area contributed by atoms with Crippen LogP contribution in [0.25, 0.3) is 0 Å². The molecule has 0 aromatic rings. The van der Waals surface area contributed by atoms with Crippen LogP contribution in [-0.2, 0) is 14.3 Å². The van der Waals surface area contributed by atoms with Gasteiger partial charge in [0.15, 0.2) is 6.10 Å². The van der Waals surface area contributed by atoms with Gasteiger partial charge in [-0.1, -0.05) is 0 Å². The van der Waals surface area contributed by atoms with Gasteiger partial charge < -0.3 is 29.9 Å². The Labute approximate surface area is 118 Å². The molecule has 8 heteroatoms. The van der Waals surface area contributed by atoms with Gasteiger partial charge in [-0.2, -0.15) is 0 Å². The summed E-state index contributed by atoms with van der Waals surface area (Å²) >= 11 is 0. The number of hydrogen-bond acceptors (Lipinski definition) is 5. The smallest absolute Gasteiger partial charge is 0.332 e. The maximum atomic E-state index is 11.9. The first kappa shape index (κ1) is 18.6. The number of urea groups is 1.